The highest BCUT2D eigenvalue weighted by Gasteiger charge is 2.25. The van der Waals surface area contributed by atoms with Gasteiger partial charge >= 0.3 is 5.76 Å². The summed E-state index contributed by atoms with van der Waals surface area (Å²) in [6.07, 6.45) is 1.86. The molecule has 4 heteroatoms. The standard InChI is InChI=1S/C11H10N2O2/c14-11-12-10(13-15-11)9-5-7-3-1-2-4-8(7)6-9/h1-4,9H,5-6H2,(H,12,13,14). The summed E-state index contributed by atoms with van der Waals surface area (Å²) < 4.78 is 4.51. The van der Waals surface area contributed by atoms with Crippen LogP contribution in [0.2, 0.25) is 0 Å². The molecule has 0 amide bonds. The number of benzene rings is 1. The number of fused-ring (bicyclic) bond motifs is 1. The van der Waals surface area contributed by atoms with E-state index in [0.717, 1.165) is 12.8 Å². The highest BCUT2D eigenvalue weighted by atomic mass is 16.5. The second kappa shape index (κ2) is 3.08. The fraction of sp³-hybridized carbons (Fsp3) is 0.273. The lowest BCUT2D eigenvalue weighted by molar-refractivity contribution is 0.377. The molecular formula is C11H10N2O2. The van der Waals surface area contributed by atoms with Crippen LogP contribution in [0.3, 0.4) is 0 Å². The van der Waals surface area contributed by atoms with Gasteiger partial charge in [-0.15, -0.1) is 0 Å². The minimum Gasteiger partial charge on any atom is -0.296 e. The molecule has 0 saturated heterocycles. The third-order valence-electron chi connectivity index (χ3n) is 2.89. The quantitative estimate of drug-likeness (QED) is 0.757. The topological polar surface area (TPSA) is 58.9 Å². The Hall–Kier alpha value is -1.84. The van der Waals surface area contributed by atoms with Gasteiger partial charge in [0.05, 0.1) is 0 Å². The van der Waals surface area contributed by atoms with Crippen molar-refractivity contribution in [2.45, 2.75) is 18.8 Å². The molecule has 1 N–H and O–H groups in total. The number of rotatable bonds is 1. The van der Waals surface area contributed by atoms with Crippen LogP contribution in [0.5, 0.6) is 0 Å². The highest BCUT2D eigenvalue weighted by Crippen LogP contribution is 2.31. The molecule has 0 aliphatic heterocycles. The van der Waals surface area contributed by atoms with Crippen molar-refractivity contribution in [1.82, 2.24) is 10.1 Å². The third-order valence-corrected chi connectivity index (χ3v) is 2.89. The van der Waals surface area contributed by atoms with Crippen molar-refractivity contribution in [3.05, 3.63) is 51.8 Å². The molecule has 0 unspecified atom stereocenters. The Bertz CT molecular complexity index is 516. The van der Waals surface area contributed by atoms with E-state index in [0.29, 0.717) is 5.82 Å². The average Bonchev–Trinajstić information content (AvgIpc) is 2.82. The molecule has 1 aliphatic carbocycles. The van der Waals surface area contributed by atoms with Gasteiger partial charge in [-0.25, -0.2) is 4.79 Å². The van der Waals surface area contributed by atoms with Crippen molar-refractivity contribution in [3.63, 3.8) is 0 Å². The minimum absolute atomic E-state index is 0.258. The van der Waals surface area contributed by atoms with Crippen molar-refractivity contribution >= 4 is 0 Å². The van der Waals surface area contributed by atoms with Gasteiger partial charge < -0.3 is 0 Å². The molecule has 1 aromatic carbocycles. The van der Waals surface area contributed by atoms with Crippen LogP contribution in [-0.4, -0.2) is 10.1 Å². The number of aromatic nitrogens is 2. The predicted molar refractivity (Wildman–Crippen MR) is 53.7 cm³/mol. The average molecular weight is 202 g/mol. The van der Waals surface area contributed by atoms with E-state index in [9.17, 15) is 4.79 Å². The first-order valence-corrected chi connectivity index (χ1v) is 4.95. The lowest BCUT2D eigenvalue weighted by atomic mass is 10.1. The van der Waals surface area contributed by atoms with Crippen LogP contribution in [0.1, 0.15) is 22.9 Å². The molecule has 4 nitrogen and oxygen atoms in total. The Labute approximate surface area is 85.9 Å². The molecule has 2 aromatic rings. The molecule has 15 heavy (non-hydrogen) atoms. The van der Waals surface area contributed by atoms with E-state index in [1.165, 1.54) is 11.1 Å². The van der Waals surface area contributed by atoms with Crippen LogP contribution >= 0.6 is 0 Å². The number of nitrogens with zero attached hydrogens (tertiary/aromatic N) is 1. The zero-order chi connectivity index (χ0) is 10.3. The van der Waals surface area contributed by atoms with Gasteiger partial charge in [0.15, 0.2) is 5.82 Å². The molecule has 0 radical (unpaired) electrons. The van der Waals surface area contributed by atoms with Crippen molar-refractivity contribution < 1.29 is 4.52 Å². The number of hydrogen-bond donors (Lipinski definition) is 1. The fourth-order valence-electron chi connectivity index (χ4n) is 2.17. The maximum atomic E-state index is 10.8. The van der Waals surface area contributed by atoms with Crippen molar-refractivity contribution in [2.75, 3.05) is 0 Å². The van der Waals surface area contributed by atoms with Crippen LogP contribution in [-0.2, 0) is 12.8 Å². The second-order valence-electron chi connectivity index (χ2n) is 3.85. The molecule has 76 valence electrons. The largest absolute Gasteiger partial charge is 0.438 e. The molecule has 1 heterocycles. The molecule has 0 fully saturated rings. The third kappa shape index (κ3) is 1.38. The van der Waals surface area contributed by atoms with Crippen LogP contribution in [0.4, 0.5) is 0 Å². The first-order chi connectivity index (χ1) is 7.33. The molecule has 0 spiro atoms. The summed E-state index contributed by atoms with van der Waals surface area (Å²) in [6, 6.07) is 8.31. The normalized spacial score (nSPS) is 15.5. The lowest BCUT2D eigenvalue weighted by Gasteiger charge is -2.00. The van der Waals surface area contributed by atoms with Gasteiger partial charge in [-0.3, -0.25) is 9.51 Å². The predicted octanol–water partition coefficient (Wildman–Crippen LogP) is 1.25. The molecule has 1 aromatic heterocycles. The van der Waals surface area contributed by atoms with Crippen LogP contribution in [0.15, 0.2) is 33.6 Å². The van der Waals surface area contributed by atoms with Gasteiger partial charge in [-0.2, -0.15) is 0 Å². The fourth-order valence-corrected chi connectivity index (χ4v) is 2.17. The van der Waals surface area contributed by atoms with Crippen molar-refractivity contribution in [3.8, 4) is 0 Å². The van der Waals surface area contributed by atoms with Gasteiger partial charge in [0.25, 0.3) is 0 Å². The van der Waals surface area contributed by atoms with Crippen molar-refractivity contribution in [2.24, 2.45) is 0 Å². The number of nitrogens with one attached hydrogen (secondary N) is 1. The molecule has 1 aliphatic rings. The van der Waals surface area contributed by atoms with Crippen LogP contribution in [0.25, 0.3) is 0 Å². The van der Waals surface area contributed by atoms with E-state index < -0.39 is 5.76 Å². The first-order valence-electron chi connectivity index (χ1n) is 4.95. The van der Waals surface area contributed by atoms with Gasteiger partial charge in [-0.05, 0) is 24.0 Å². The van der Waals surface area contributed by atoms with Gasteiger partial charge in [-0.1, -0.05) is 29.4 Å². The zero-order valence-corrected chi connectivity index (χ0v) is 8.06. The SMILES string of the molecule is O=c1[nH]c(C2Cc3ccccc3C2)no1. The summed E-state index contributed by atoms with van der Waals surface area (Å²) in [5.74, 6) is 0.450. The minimum atomic E-state index is -0.471. The molecule has 3 rings (SSSR count). The van der Waals surface area contributed by atoms with Gasteiger partial charge in [0.2, 0.25) is 0 Å². The summed E-state index contributed by atoms with van der Waals surface area (Å²) >= 11 is 0. The summed E-state index contributed by atoms with van der Waals surface area (Å²) in [4.78, 5) is 13.5. The Morgan fingerprint density at radius 2 is 1.93 bits per heavy atom. The lowest BCUT2D eigenvalue weighted by Crippen LogP contribution is -2.03. The summed E-state index contributed by atoms with van der Waals surface area (Å²) in [5, 5.41) is 3.74. The van der Waals surface area contributed by atoms with E-state index in [2.05, 4.69) is 26.8 Å². The van der Waals surface area contributed by atoms with Gasteiger partial charge in [0, 0.05) is 5.92 Å². The van der Waals surface area contributed by atoms with E-state index in [4.69, 9.17) is 0 Å². The number of H-pyrrole nitrogens is 1. The zero-order valence-electron chi connectivity index (χ0n) is 8.06. The Balaban J connectivity index is 1.93. The Kier molecular flexibility index (Phi) is 1.74. The number of aromatic amines is 1. The summed E-state index contributed by atoms with van der Waals surface area (Å²) in [7, 11) is 0. The summed E-state index contributed by atoms with van der Waals surface area (Å²) in [6.45, 7) is 0. The first kappa shape index (κ1) is 8.47. The number of hydrogen-bond acceptors (Lipinski definition) is 3. The van der Waals surface area contributed by atoms with E-state index in [1.807, 2.05) is 12.1 Å². The highest BCUT2D eigenvalue weighted by molar-refractivity contribution is 5.34. The Morgan fingerprint density at radius 1 is 1.27 bits per heavy atom. The molecule has 0 bridgehead atoms. The Morgan fingerprint density at radius 3 is 2.47 bits per heavy atom. The van der Waals surface area contributed by atoms with Gasteiger partial charge in [0.1, 0.15) is 0 Å². The van der Waals surface area contributed by atoms with E-state index in [1.54, 1.807) is 0 Å². The van der Waals surface area contributed by atoms with E-state index >= 15 is 0 Å². The van der Waals surface area contributed by atoms with E-state index in [-0.39, 0.29) is 5.92 Å². The van der Waals surface area contributed by atoms with Crippen molar-refractivity contribution in [1.29, 1.82) is 0 Å². The second-order valence-corrected chi connectivity index (χ2v) is 3.85. The monoisotopic (exact) mass is 202 g/mol. The summed E-state index contributed by atoms with van der Waals surface area (Å²) in [5.41, 5.74) is 2.68. The molecule has 0 saturated carbocycles. The van der Waals surface area contributed by atoms with Crippen LogP contribution in [0, 0.1) is 0 Å². The van der Waals surface area contributed by atoms with Crippen LogP contribution < -0.4 is 5.76 Å². The molecular weight excluding hydrogens is 192 g/mol. The maximum Gasteiger partial charge on any atom is 0.438 e. The molecule has 0 atom stereocenters. The maximum absolute atomic E-state index is 10.8. The smallest absolute Gasteiger partial charge is 0.296 e.